The normalized spacial score (nSPS) is 14.3. The molecule has 0 radical (unpaired) electrons. The molecule has 4 heterocycles. The summed E-state index contributed by atoms with van der Waals surface area (Å²) in [5.41, 5.74) is 3.32. The highest BCUT2D eigenvalue weighted by Crippen LogP contribution is 2.25. The van der Waals surface area contributed by atoms with Crippen LogP contribution in [-0.4, -0.2) is 85.1 Å². The number of aliphatic carboxylic acids is 1. The number of imidazole rings is 2. The molecule has 1 amide bonds. The van der Waals surface area contributed by atoms with Crippen LogP contribution < -0.4 is 0 Å². The van der Waals surface area contributed by atoms with E-state index in [-0.39, 0.29) is 5.91 Å². The molecule has 1 N–H and O–H groups in total. The third-order valence-electron chi connectivity index (χ3n) is 6.88. The minimum atomic E-state index is -5.08. The Hall–Kier alpha value is -4.19. The van der Waals surface area contributed by atoms with Crippen LogP contribution in [0.25, 0.3) is 17.0 Å². The Morgan fingerprint density at radius 3 is 2.25 bits per heavy atom. The lowest BCUT2D eigenvalue weighted by Crippen LogP contribution is -2.44. The number of pyridine rings is 1. The Balaban J connectivity index is 0.000000470. The van der Waals surface area contributed by atoms with Crippen LogP contribution in [0.5, 0.6) is 0 Å². The molecular formula is C28H31F3N6O3. The van der Waals surface area contributed by atoms with Crippen molar-refractivity contribution in [3.05, 3.63) is 78.0 Å². The number of hydrogen-bond donors (Lipinski definition) is 1. The molecule has 1 aromatic carbocycles. The summed E-state index contributed by atoms with van der Waals surface area (Å²) in [5, 5.41) is 7.12. The van der Waals surface area contributed by atoms with Crippen LogP contribution >= 0.6 is 0 Å². The number of rotatable bonds is 5. The molecule has 1 saturated heterocycles. The highest BCUT2D eigenvalue weighted by atomic mass is 19.4. The summed E-state index contributed by atoms with van der Waals surface area (Å²) in [6.45, 7) is 4.26. The van der Waals surface area contributed by atoms with Gasteiger partial charge in [-0.1, -0.05) is 36.4 Å². The second-order valence-corrected chi connectivity index (χ2v) is 9.82. The first kappa shape index (κ1) is 28.8. The van der Waals surface area contributed by atoms with Crippen molar-refractivity contribution >= 4 is 17.4 Å². The van der Waals surface area contributed by atoms with Gasteiger partial charge in [0.1, 0.15) is 11.5 Å². The van der Waals surface area contributed by atoms with E-state index in [2.05, 4.69) is 35.7 Å². The number of carbonyl (C=O) groups is 2. The average Bonchev–Trinajstić information content (AvgIpc) is 3.49. The second-order valence-electron chi connectivity index (χ2n) is 9.82. The number of halogens is 3. The number of likely N-dealkylation sites (tertiary alicyclic amines) is 1. The number of nitrogens with zero attached hydrogens (tertiary/aromatic N) is 6. The first-order valence-corrected chi connectivity index (χ1v) is 12.8. The van der Waals surface area contributed by atoms with Crippen LogP contribution in [0.2, 0.25) is 0 Å². The van der Waals surface area contributed by atoms with E-state index < -0.39 is 12.1 Å². The molecule has 0 atom stereocenters. The molecule has 0 spiro atoms. The van der Waals surface area contributed by atoms with Crippen molar-refractivity contribution in [1.82, 2.24) is 28.7 Å². The van der Waals surface area contributed by atoms with Gasteiger partial charge in [0.15, 0.2) is 11.5 Å². The number of aromatic nitrogens is 4. The van der Waals surface area contributed by atoms with E-state index in [1.165, 1.54) is 5.56 Å². The van der Waals surface area contributed by atoms with Gasteiger partial charge in [0, 0.05) is 38.1 Å². The standard InChI is InChI=1S/C26H30N6O.C2HF3O2/c1-19-27-22(18-31(19)17-20-9-5-4-6-10-20)25-28-24(23-11-7-8-14-32(23)25)26(33)30-15-12-21(13-16-30)29(2)3;3-2(4,5)1(6)7/h4-11,14,18,21H,12-13,15-17H2,1-3H3;(H,6,7). The molecule has 1 aliphatic rings. The van der Waals surface area contributed by atoms with Crippen molar-refractivity contribution in [2.24, 2.45) is 0 Å². The van der Waals surface area contributed by atoms with Crippen molar-refractivity contribution in [2.45, 2.75) is 38.5 Å². The minimum absolute atomic E-state index is 0.00240. The predicted octanol–water partition coefficient (Wildman–Crippen LogP) is 4.35. The van der Waals surface area contributed by atoms with Gasteiger partial charge in [-0.15, -0.1) is 0 Å². The molecule has 12 heteroatoms. The summed E-state index contributed by atoms with van der Waals surface area (Å²) in [4.78, 5) is 36.2. The lowest BCUT2D eigenvalue weighted by molar-refractivity contribution is -0.192. The fourth-order valence-corrected chi connectivity index (χ4v) is 4.67. The van der Waals surface area contributed by atoms with Gasteiger partial charge >= 0.3 is 12.1 Å². The fraction of sp³-hybridized carbons (Fsp3) is 0.357. The van der Waals surface area contributed by atoms with Crippen LogP contribution in [-0.2, 0) is 11.3 Å². The molecule has 1 fully saturated rings. The van der Waals surface area contributed by atoms with Gasteiger partial charge in [-0.3, -0.25) is 9.20 Å². The highest BCUT2D eigenvalue weighted by molar-refractivity contribution is 6.00. The molecule has 212 valence electrons. The largest absolute Gasteiger partial charge is 0.490 e. The van der Waals surface area contributed by atoms with Gasteiger partial charge in [-0.25, -0.2) is 14.8 Å². The Kier molecular flexibility index (Phi) is 8.58. The van der Waals surface area contributed by atoms with Crippen molar-refractivity contribution < 1.29 is 27.9 Å². The molecule has 0 saturated carbocycles. The number of piperidine rings is 1. The number of amides is 1. The second kappa shape index (κ2) is 11.9. The molecule has 3 aromatic heterocycles. The first-order valence-electron chi connectivity index (χ1n) is 12.8. The van der Waals surface area contributed by atoms with Gasteiger partial charge in [0.05, 0.1) is 5.52 Å². The predicted molar refractivity (Wildman–Crippen MR) is 143 cm³/mol. The summed E-state index contributed by atoms with van der Waals surface area (Å²) >= 11 is 0. The van der Waals surface area contributed by atoms with Crippen LogP contribution in [0.4, 0.5) is 13.2 Å². The third-order valence-corrected chi connectivity index (χ3v) is 6.88. The van der Waals surface area contributed by atoms with E-state index in [1.54, 1.807) is 0 Å². The van der Waals surface area contributed by atoms with E-state index in [4.69, 9.17) is 19.9 Å². The summed E-state index contributed by atoms with van der Waals surface area (Å²) in [6.07, 6.45) is 0.875. The number of benzene rings is 1. The van der Waals surface area contributed by atoms with Crippen molar-refractivity contribution in [3.8, 4) is 11.5 Å². The van der Waals surface area contributed by atoms with E-state index in [9.17, 15) is 18.0 Å². The molecule has 0 unspecified atom stereocenters. The molecule has 9 nitrogen and oxygen atoms in total. The zero-order valence-electron chi connectivity index (χ0n) is 22.5. The lowest BCUT2D eigenvalue weighted by Gasteiger charge is -2.34. The minimum Gasteiger partial charge on any atom is -0.475 e. The highest BCUT2D eigenvalue weighted by Gasteiger charge is 2.38. The lowest BCUT2D eigenvalue weighted by atomic mass is 10.0. The molecule has 5 rings (SSSR count). The monoisotopic (exact) mass is 556 g/mol. The molecular weight excluding hydrogens is 525 g/mol. The summed E-state index contributed by atoms with van der Waals surface area (Å²) in [7, 11) is 4.21. The smallest absolute Gasteiger partial charge is 0.475 e. The summed E-state index contributed by atoms with van der Waals surface area (Å²) in [5.74, 6) is -1.14. The molecule has 40 heavy (non-hydrogen) atoms. The Morgan fingerprint density at radius 2 is 1.65 bits per heavy atom. The molecule has 4 aromatic rings. The zero-order chi connectivity index (χ0) is 29.0. The number of carbonyl (C=O) groups excluding carboxylic acids is 1. The van der Waals surface area contributed by atoms with Crippen LogP contribution in [0, 0.1) is 6.92 Å². The van der Waals surface area contributed by atoms with Crippen molar-refractivity contribution in [3.63, 3.8) is 0 Å². The number of carboxylic acids is 1. The molecule has 0 bridgehead atoms. The van der Waals surface area contributed by atoms with Gasteiger partial charge in [0.25, 0.3) is 5.91 Å². The Morgan fingerprint density at radius 1 is 1.02 bits per heavy atom. The Bertz CT molecular complexity index is 1470. The van der Waals surface area contributed by atoms with Gasteiger partial charge < -0.3 is 19.5 Å². The third kappa shape index (κ3) is 6.50. The van der Waals surface area contributed by atoms with Crippen molar-refractivity contribution in [1.29, 1.82) is 0 Å². The molecule has 0 aliphatic carbocycles. The summed E-state index contributed by atoms with van der Waals surface area (Å²) < 4.78 is 35.8. The van der Waals surface area contributed by atoms with Crippen LogP contribution in [0.1, 0.15) is 34.7 Å². The maximum absolute atomic E-state index is 13.5. The average molecular weight is 557 g/mol. The van der Waals surface area contributed by atoms with E-state index >= 15 is 0 Å². The first-order chi connectivity index (χ1) is 19.0. The number of carboxylic acid groups (broad SMARTS) is 1. The summed E-state index contributed by atoms with van der Waals surface area (Å²) in [6, 6.07) is 16.7. The van der Waals surface area contributed by atoms with E-state index in [1.807, 2.05) is 65.0 Å². The number of hydrogen-bond acceptors (Lipinski definition) is 5. The SMILES string of the molecule is Cc1nc(-c2nc(C(=O)N3CCC(N(C)C)CC3)c3ccccn23)cn1Cc1ccccc1.O=C(O)C(F)(F)F. The number of fused-ring (bicyclic) bond motifs is 1. The Labute approximate surface area is 229 Å². The van der Waals surface area contributed by atoms with Gasteiger partial charge in [0.2, 0.25) is 0 Å². The molecule has 1 aliphatic heterocycles. The van der Waals surface area contributed by atoms with Crippen LogP contribution in [0.15, 0.2) is 60.9 Å². The van der Waals surface area contributed by atoms with E-state index in [0.29, 0.717) is 17.6 Å². The van der Waals surface area contributed by atoms with Crippen LogP contribution in [0.3, 0.4) is 0 Å². The zero-order valence-corrected chi connectivity index (χ0v) is 22.5. The van der Waals surface area contributed by atoms with Gasteiger partial charge in [-0.2, -0.15) is 13.2 Å². The van der Waals surface area contributed by atoms with E-state index in [0.717, 1.165) is 49.5 Å². The van der Waals surface area contributed by atoms with Crippen molar-refractivity contribution in [2.75, 3.05) is 27.2 Å². The topological polar surface area (TPSA) is 96.0 Å². The fourth-order valence-electron chi connectivity index (χ4n) is 4.67. The number of alkyl halides is 3. The quantitative estimate of drug-likeness (QED) is 0.393. The maximum Gasteiger partial charge on any atom is 0.490 e. The maximum atomic E-state index is 13.5. The number of aryl methyl sites for hydroxylation is 1. The van der Waals surface area contributed by atoms with Gasteiger partial charge in [-0.05, 0) is 51.6 Å².